The van der Waals surface area contributed by atoms with Gasteiger partial charge in [0.25, 0.3) is 10.2 Å². The Morgan fingerprint density at radius 1 is 1.50 bits per heavy atom. The van der Waals surface area contributed by atoms with Crippen molar-refractivity contribution >= 4 is 16.2 Å². The van der Waals surface area contributed by atoms with E-state index in [1.807, 2.05) is 0 Å². The molecule has 1 atom stereocenters. The summed E-state index contributed by atoms with van der Waals surface area (Å²) in [6.45, 7) is 3.21. The zero-order chi connectivity index (χ0) is 12.8. The number of nitrogens with one attached hydrogen (secondary N) is 2. The third-order valence-electron chi connectivity index (χ3n) is 2.14. The number of rotatable bonds is 8. The molecule has 16 heavy (non-hydrogen) atoms. The molecule has 3 N–H and O–H groups in total. The molecule has 0 aromatic carbocycles. The van der Waals surface area contributed by atoms with E-state index in [2.05, 4.69) is 14.2 Å². The third kappa shape index (κ3) is 4.88. The van der Waals surface area contributed by atoms with Crippen LogP contribution in [0, 0.1) is 0 Å². The quantitative estimate of drug-likeness (QED) is 0.497. The van der Waals surface area contributed by atoms with Crippen LogP contribution in [0.2, 0.25) is 0 Å². The van der Waals surface area contributed by atoms with Crippen molar-refractivity contribution in [3.05, 3.63) is 0 Å². The molecule has 96 valence electrons. The molecule has 0 aromatic rings. The molecule has 1 unspecified atom stereocenters. The Bertz CT molecular complexity index is 329. The SMILES string of the molecule is CCC(C)(NS(=O)(=O)NCCOC)C(=O)O. The van der Waals surface area contributed by atoms with E-state index >= 15 is 0 Å². The maximum absolute atomic E-state index is 11.4. The molecule has 0 radical (unpaired) electrons. The highest BCUT2D eigenvalue weighted by Gasteiger charge is 2.35. The summed E-state index contributed by atoms with van der Waals surface area (Å²) < 4.78 is 31.8. The fraction of sp³-hybridized carbons (Fsp3) is 0.875. The predicted octanol–water partition coefficient (Wildman–Crippen LogP) is -0.690. The number of carboxylic acid groups (broad SMARTS) is 1. The van der Waals surface area contributed by atoms with Gasteiger partial charge in [0.05, 0.1) is 6.61 Å². The number of carbonyl (C=O) groups is 1. The fourth-order valence-corrected chi connectivity index (χ4v) is 2.13. The van der Waals surface area contributed by atoms with E-state index in [-0.39, 0.29) is 19.6 Å². The van der Waals surface area contributed by atoms with Crippen LogP contribution in [0.1, 0.15) is 20.3 Å². The first-order chi connectivity index (χ1) is 7.27. The number of aliphatic carboxylic acids is 1. The second kappa shape index (κ2) is 6.14. The van der Waals surface area contributed by atoms with Crippen LogP contribution in [0.4, 0.5) is 0 Å². The van der Waals surface area contributed by atoms with E-state index in [0.717, 1.165) is 0 Å². The van der Waals surface area contributed by atoms with Gasteiger partial charge in [-0.25, -0.2) is 0 Å². The van der Waals surface area contributed by atoms with Gasteiger partial charge in [0.15, 0.2) is 0 Å². The zero-order valence-corrected chi connectivity index (χ0v) is 10.4. The van der Waals surface area contributed by atoms with Crippen molar-refractivity contribution < 1.29 is 23.1 Å². The van der Waals surface area contributed by atoms with Gasteiger partial charge in [-0.2, -0.15) is 17.9 Å². The Balaban J connectivity index is 4.50. The minimum atomic E-state index is -3.83. The van der Waals surface area contributed by atoms with E-state index in [4.69, 9.17) is 5.11 Å². The normalized spacial score (nSPS) is 15.7. The molecule has 0 amide bonds. The van der Waals surface area contributed by atoms with Gasteiger partial charge in [0.2, 0.25) is 0 Å². The summed E-state index contributed by atoms with van der Waals surface area (Å²) in [6, 6.07) is 0. The molecular weight excluding hydrogens is 236 g/mol. The van der Waals surface area contributed by atoms with Crippen molar-refractivity contribution in [3.63, 3.8) is 0 Å². The van der Waals surface area contributed by atoms with E-state index in [9.17, 15) is 13.2 Å². The summed E-state index contributed by atoms with van der Waals surface area (Å²) in [4.78, 5) is 10.9. The number of ether oxygens (including phenoxy) is 1. The van der Waals surface area contributed by atoms with Crippen LogP contribution in [0.5, 0.6) is 0 Å². The smallest absolute Gasteiger partial charge is 0.324 e. The number of carboxylic acids is 1. The highest BCUT2D eigenvalue weighted by Crippen LogP contribution is 2.10. The summed E-state index contributed by atoms with van der Waals surface area (Å²) in [7, 11) is -2.39. The summed E-state index contributed by atoms with van der Waals surface area (Å²) >= 11 is 0. The molecule has 8 heteroatoms. The highest BCUT2D eigenvalue weighted by atomic mass is 32.2. The van der Waals surface area contributed by atoms with Gasteiger partial charge in [-0.3, -0.25) is 4.79 Å². The van der Waals surface area contributed by atoms with Gasteiger partial charge in [-0.1, -0.05) is 6.92 Å². The van der Waals surface area contributed by atoms with E-state index in [1.54, 1.807) is 6.92 Å². The lowest BCUT2D eigenvalue weighted by molar-refractivity contribution is -0.143. The van der Waals surface area contributed by atoms with Gasteiger partial charge >= 0.3 is 5.97 Å². The first kappa shape index (κ1) is 15.3. The number of hydrogen-bond acceptors (Lipinski definition) is 4. The van der Waals surface area contributed by atoms with E-state index < -0.39 is 21.7 Å². The van der Waals surface area contributed by atoms with Crippen LogP contribution >= 0.6 is 0 Å². The van der Waals surface area contributed by atoms with Crippen molar-refractivity contribution in [3.8, 4) is 0 Å². The summed E-state index contributed by atoms with van der Waals surface area (Å²) in [5, 5.41) is 8.89. The fourth-order valence-electron chi connectivity index (χ4n) is 0.878. The maximum Gasteiger partial charge on any atom is 0.324 e. The lowest BCUT2D eigenvalue weighted by Crippen LogP contribution is -2.55. The van der Waals surface area contributed by atoms with Gasteiger partial charge in [-0.15, -0.1) is 0 Å². The summed E-state index contributed by atoms with van der Waals surface area (Å²) in [5.41, 5.74) is -1.50. The van der Waals surface area contributed by atoms with Crippen LogP contribution in [-0.4, -0.2) is 45.3 Å². The van der Waals surface area contributed by atoms with E-state index in [0.29, 0.717) is 0 Å². The Morgan fingerprint density at radius 3 is 2.44 bits per heavy atom. The van der Waals surface area contributed by atoms with Crippen LogP contribution in [0.15, 0.2) is 0 Å². The van der Waals surface area contributed by atoms with Crippen LogP contribution in [0.3, 0.4) is 0 Å². The Kier molecular flexibility index (Phi) is 5.87. The minimum Gasteiger partial charge on any atom is -0.480 e. The molecule has 7 nitrogen and oxygen atoms in total. The molecule has 0 heterocycles. The van der Waals surface area contributed by atoms with Crippen LogP contribution in [-0.2, 0) is 19.7 Å². The molecule has 0 spiro atoms. The topological polar surface area (TPSA) is 105 Å². The molecular formula is C8H18N2O5S. The second-order valence-electron chi connectivity index (χ2n) is 3.48. The van der Waals surface area contributed by atoms with E-state index in [1.165, 1.54) is 14.0 Å². The summed E-state index contributed by atoms with van der Waals surface area (Å²) in [5.74, 6) is -1.22. The first-order valence-electron chi connectivity index (χ1n) is 4.78. The Morgan fingerprint density at radius 2 is 2.06 bits per heavy atom. The molecule has 0 saturated carbocycles. The lowest BCUT2D eigenvalue weighted by Gasteiger charge is -2.24. The van der Waals surface area contributed by atoms with Crippen molar-refractivity contribution in [1.29, 1.82) is 0 Å². The molecule has 0 aliphatic rings. The first-order valence-corrected chi connectivity index (χ1v) is 6.26. The van der Waals surface area contributed by atoms with Crippen molar-refractivity contribution in [1.82, 2.24) is 9.44 Å². The van der Waals surface area contributed by atoms with Crippen LogP contribution in [0.25, 0.3) is 0 Å². The largest absolute Gasteiger partial charge is 0.480 e. The van der Waals surface area contributed by atoms with Crippen molar-refractivity contribution in [2.45, 2.75) is 25.8 Å². The van der Waals surface area contributed by atoms with Crippen molar-refractivity contribution in [2.75, 3.05) is 20.3 Å². The molecule has 0 rings (SSSR count). The molecule has 0 fully saturated rings. The molecule has 0 aromatic heterocycles. The van der Waals surface area contributed by atoms with Crippen molar-refractivity contribution in [2.24, 2.45) is 0 Å². The van der Waals surface area contributed by atoms with Gasteiger partial charge in [-0.05, 0) is 13.3 Å². The Labute approximate surface area is 95.4 Å². The minimum absolute atomic E-state index is 0.0885. The predicted molar refractivity (Wildman–Crippen MR) is 58.3 cm³/mol. The number of hydrogen-bond donors (Lipinski definition) is 3. The van der Waals surface area contributed by atoms with Gasteiger partial charge < -0.3 is 9.84 Å². The highest BCUT2D eigenvalue weighted by molar-refractivity contribution is 7.87. The lowest BCUT2D eigenvalue weighted by atomic mass is 10.0. The second-order valence-corrected chi connectivity index (χ2v) is 4.98. The zero-order valence-electron chi connectivity index (χ0n) is 9.61. The molecule has 0 saturated heterocycles. The van der Waals surface area contributed by atoms with Crippen LogP contribution < -0.4 is 9.44 Å². The average molecular weight is 254 g/mol. The standard InChI is InChI=1S/C8H18N2O5S/c1-4-8(2,7(11)12)10-16(13,14)9-5-6-15-3/h9-10H,4-6H2,1-3H3,(H,11,12). The summed E-state index contributed by atoms with van der Waals surface area (Å²) in [6.07, 6.45) is 0.146. The number of methoxy groups -OCH3 is 1. The molecule has 0 aliphatic heterocycles. The van der Waals surface area contributed by atoms with Gasteiger partial charge in [0.1, 0.15) is 5.54 Å². The van der Waals surface area contributed by atoms with Gasteiger partial charge in [0, 0.05) is 13.7 Å². The third-order valence-corrected chi connectivity index (χ3v) is 3.44. The average Bonchev–Trinajstić information content (AvgIpc) is 2.16. The maximum atomic E-state index is 11.4. The molecule has 0 bridgehead atoms. The molecule has 0 aliphatic carbocycles. The Hall–Kier alpha value is -0.700. The monoisotopic (exact) mass is 254 g/mol.